The second-order valence-corrected chi connectivity index (χ2v) is 6.94. The van der Waals surface area contributed by atoms with Gasteiger partial charge in [0.1, 0.15) is 10.7 Å². The van der Waals surface area contributed by atoms with Crippen molar-refractivity contribution < 1.29 is 12.8 Å². The van der Waals surface area contributed by atoms with Crippen molar-refractivity contribution in [2.45, 2.75) is 18.7 Å². The number of halogens is 1. The van der Waals surface area contributed by atoms with E-state index in [-0.39, 0.29) is 10.6 Å². The van der Waals surface area contributed by atoms with Crippen molar-refractivity contribution in [3.63, 3.8) is 0 Å². The molecular formula is C15H17FN2O2S. The Morgan fingerprint density at radius 1 is 1.05 bits per heavy atom. The zero-order valence-electron chi connectivity index (χ0n) is 12.1. The molecule has 0 amide bonds. The number of hydrogen-bond donors (Lipinski definition) is 1. The first-order chi connectivity index (χ1) is 9.71. The van der Waals surface area contributed by atoms with Crippen LogP contribution in [-0.4, -0.2) is 15.5 Å². The van der Waals surface area contributed by atoms with Gasteiger partial charge >= 0.3 is 0 Å². The Morgan fingerprint density at radius 2 is 1.62 bits per heavy atom. The van der Waals surface area contributed by atoms with Crippen LogP contribution in [0, 0.1) is 19.7 Å². The molecule has 0 bridgehead atoms. The van der Waals surface area contributed by atoms with Gasteiger partial charge in [0.05, 0.1) is 11.4 Å². The maximum atomic E-state index is 13.3. The van der Waals surface area contributed by atoms with Crippen LogP contribution in [0.2, 0.25) is 0 Å². The van der Waals surface area contributed by atoms with Gasteiger partial charge in [-0.15, -0.1) is 0 Å². The summed E-state index contributed by atoms with van der Waals surface area (Å²) < 4.78 is 39.7. The first kappa shape index (κ1) is 15.3. The number of sulfonamides is 1. The van der Waals surface area contributed by atoms with Gasteiger partial charge in [-0.1, -0.05) is 6.07 Å². The molecule has 2 aromatic carbocycles. The second kappa shape index (κ2) is 5.37. The third-order valence-corrected chi connectivity index (χ3v) is 5.03. The standard InChI is InChI=1S/C15H17FN2O2S/c1-10-6-11(2)8-13(7-10)18(3)21(19,20)15-9-12(16)4-5-14(15)17/h4-9H,17H2,1-3H3. The summed E-state index contributed by atoms with van der Waals surface area (Å²) >= 11 is 0. The first-order valence-corrected chi connectivity index (χ1v) is 7.78. The molecule has 2 aromatic rings. The van der Waals surface area contributed by atoms with E-state index in [1.807, 2.05) is 19.9 Å². The monoisotopic (exact) mass is 308 g/mol. The third-order valence-electron chi connectivity index (χ3n) is 3.18. The fraction of sp³-hybridized carbons (Fsp3) is 0.200. The summed E-state index contributed by atoms with van der Waals surface area (Å²) in [7, 11) is -2.49. The van der Waals surface area contributed by atoms with E-state index < -0.39 is 15.8 Å². The molecule has 2 N–H and O–H groups in total. The molecule has 0 fully saturated rings. The van der Waals surface area contributed by atoms with Gasteiger partial charge in [-0.3, -0.25) is 4.31 Å². The van der Waals surface area contributed by atoms with E-state index in [0.29, 0.717) is 5.69 Å². The van der Waals surface area contributed by atoms with E-state index in [9.17, 15) is 12.8 Å². The van der Waals surface area contributed by atoms with Crippen molar-refractivity contribution in [2.24, 2.45) is 0 Å². The Kier molecular flexibility index (Phi) is 3.91. The molecule has 0 atom stereocenters. The minimum absolute atomic E-state index is 0.0209. The summed E-state index contributed by atoms with van der Waals surface area (Å²) in [4.78, 5) is -0.232. The summed E-state index contributed by atoms with van der Waals surface area (Å²) in [6.45, 7) is 3.76. The van der Waals surface area contributed by atoms with Crippen LogP contribution in [-0.2, 0) is 10.0 Å². The molecule has 0 radical (unpaired) electrons. The average molecular weight is 308 g/mol. The van der Waals surface area contributed by atoms with Crippen LogP contribution in [0.25, 0.3) is 0 Å². The number of nitrogens with two attached hydrogens (primary N) is 1. The molecule has 0 spiro atoms. The SMILES string of the molecule is Cc1cc(C)cc(N(C)S(=O)(=O)c2cc(F)ccc2N)c1. The zero-order chi connectivity index (χ0) is 15.8. The largest absolute Gasteiger partial charge is 0.398 e. The summed E-state index contributed by atoms with van der Waals surface area (Å²) in [5.74, 6) is -0.642. The number of rotatable bonds is 3. The van der Waals surface area contributed by atoms with Gasteiger partial charge < -0.3 is 5.73 Å². The van der Waals surface area contributed by atoms with E-state index in [0.717, 1.165) is 27.6 Å². The second-order valence-electron chi connectivity index (χ2n) is 5.00. The van der Waals surface area contributed by atoms with E-state index >= 15 is 0 Å². The molecule has 0 aliphatic heterocycles. The van der Waals surface area contributed by atoms with Crippen molar-refractivity contribution in [2.75, 3.05) is 17.1 Å². The molecule has 0 unspecified atom stereocenters. The highest BCUT2D eigenvalue weighted by Crippen LogP contribution is 2.27. The van der Waals surface area contributed by atoms with Crippen molar-refractivity contribution in [1.82, 2.24) is 0 Å². The number of hydrogen-bond acceptors (Lipinski definition) is 3. The van der Waals surface area contributed by atoms with Gasteiger partial charge in [0.25, 0.3) is 10.0 Å². The molecule has 2 rings (SSSR count). The average Bonchev–Trinajstić information content (AvgIpc) is 2.39. The Balaban J connectivity index is 2.55. The molecule has 4 nitrogen and oxygen atoms in total. The van der Waals surface area contributed by atoms with E-state index in [1.165, 1.54) is 13.1 Å². The van der Waals surface area contributed by atoms with E-state index in [1.54, 1.807) is 12.1 Å². The van der Waals surface area contributed by atoms with Crippen LogP contribution >= 0.6 is 0 Å². The summed E-state index contributed by atoms with van der Waals surface area (Å²) in [5.41, 5.74) is 8.10. The fourth-order valence-electron chi connectivity index (χ4n) is 2.15. The number of nitrogens with zero attached hydrogens (tertiary/aromatic N) is 1. The minimum atomic E-state index is -3.91. The highest BCUT2D eigenvalue weighted by atomic mass is 32.2. The Morgan fingerprint density at radius 3 is 2.19 bits per heavy atom. The molecular weight excluding hydrogens is 291 g/mol. The van der Waals surface area contributed by atoms with E-state index in [4.69, 9.17) is 5.73 Å². The lowest BCUT2D eigenvalue weighted by atomic mass is 10.1. The molecule has 112 valence electrons. The van der Waals surface area contributed by atoms with Crippen molar-refractivity contribution in [3.8, 4) is 0 Å². The smallest absolute Gasteiger partial charge is 0.266 e. The van der Waals surface area contributed by atoms with Crippen molar-refractivity contribution in [1.29, 1.82) is 0 Å². The van der Waals surface area contributed by atoms with Crippen molar-refractivity contribution >= 4 is 21.4 Å². The van der Waals surface area contributed by atoms with Crippen LogP contribution < -0.4 is 10.0 Å². The topological polar surface area (TPSA) is 63.4 Å². The quantitative estimate of drug-likeness (QED) is 0.887. The minimum Gasteiger partial charge on any atom is -0.398 e. The number of anilines is 2. The summed E-state index contributed by atoms with van der Waals surface area (Å²) in [6, 6.07) is 8.76. The van der Waals surface area contributed by atoms with Gasteiger partial charge in [-0.25, -0.2) is 12.8 Å². The Labute approximate surface area is 124 Å². The van der Waals surface area contributed by atoms with Crippen LogP contribution in [0.15, 0.2) is 41.3 Å². The molecule has 0 aromatic heterocycles. The van der Waals surface area contributed by atoms with Crippen LogP contribution in [0.4, 0.5) is 15.8 Å². The highest BCUT2D eigenvalue weighted by molar-refractivity contribution is 7.93. The predicted molar refractivity (Wildman–Crippen MR) is 82.3 cm³/mol. The number of benzene rings is 2. The predicted octanol–water partition coefficient (Wildman–Crippen LogP) is 2.85. The maximum Gasteiger partial charge on any atom is 0.266 e. The van der Waals surface area contributed by atoms with Crippen LogP contribution in [0.5, 0.6) is 0 Å². The molecule has 6 heteroatoms. The Bertz CT molecular complexity index is 768. The lowest BCUT2D eigenvalue weighted by molar-refractivity contribution is 0.590. The fourth-order valence-corrected chi connectivity index (χ4v) is 3.46. The molecule has 21 heavy (non-hydrogen) atoms. The Hall–Kier alpha value is -2.08. The lowest BCUT2D eigenvalue weighted by Gasteiger charge is -2.21. The van der Waals surface area contributed by atoms with E-state index in [2.05, 4.69) is 0 Å². The number of nitrogen functional groups attached to an aromatic ring is 1. The third kappa shape index (κ3) is 3.00. The van der Waals surface area contributed by atoms with Gasteiger partial charge in [0.2, 0.25) is 0 Å². The zero-order valence-corrected chi connectivity index (χ0v) is 12.9. The maximum absolute atomic E-state index is 13.3. The van der Waals surface area contributed by atoms with Gasteiger partial charge in [-0.05, 0) is 55.3 Å². The molecule has 0 aliphatic rings. The van der Waals surface area contributed by atoms with Crippen LogP contribution in [0.3, 0.4) is 0 Å². The summed E-state index contributed by atoms with van der Waals surface area (Å²) in [6.07, 6.45) is 0. The normalized spacial score (nSPS) is 11.4. The number of aryl methyl sites for hydroxylation is 2. The van der Waals surface area contributed by atoms with Gasteiger partial charge in [0, 0.05) is 7.05 Å². The van der Waals surface area contributed by atoms with Crippen molar-refractivity contribution in [3.05, 3.63) is 53.3 Å². The molecule has 0 saturated heterocycles. The highest BCUT2D eigenvalue weighted by Gasteiger charge is 2.24. The van der Waals surface area contributed by atoms with Gasteiger partial charge in [-0.2, -0.15) is 0 Å². The van der Waals surface area contributed by atoms with Gasteiger partial charge in [0.15, 0.2) is 0 Å². The molecule has 0 aliphatic carbocycles. The summed E-state index contributed by atoms with van der Waals surface area (Å²) in [5, 5.41) is 0. The van der Waals surface area contributed by atoms with Crippen LogP contribution in [0.1, 0.15) is 11.1 Å². The molecule has 0 saturated carbocycles. The first-order valence-electron chi connectivity index (χ1n) is 6.34. The molecule has 0 heterocycles. The lowest BCUT2D eigenvalue weighted by Crippen LogP contribution is -2.27.